The zero-order valence-electron chi connectivity index (χ0n) is 13.6. The number of rotatable bonds is 6. The van der Waals surface area contributed by atoms with Crippen LogP contribution in [0.5, 0.6) is 0 Å². The van der Waals surface area contributed by atoms with Gasteiger partial charge in [0.2, 0.25) is 0 Å². The van der Waals surface area contributed by atoms with E-state index in [1.165, 1.54) is 6.20 Å². The first-order valence-corrected chi connectivity index (χ1v) is 7.95. The van der Waals surface area contributed by atoms with Crippen molar-refractivity contribution in [2.24, 2.45) is 0 Å². The van der Waals surface area contributed by atoms with Gasteiger partial charge in [-0.2, -0.15) is 0 Å². The molecule has 0 spiro atoms. The van der Waals surface area contributed by atoms with Crippen LogP contribution in [0.15, 0.2) is 73.2 Å². The van der Waals surface area contributed by atoms with E-state index in [-0.39, 0.29) is 11.8 Å². The molecule has 0 saturated heterocycles. The minimum absolute atomic E-state index is 0.163. The molecule has 0 fully saturated rings. The molecule has 0 aliphatic carbocycles. The zero-order valence-corrected chi connectivity index (χ0v) is 13.6. The maximum Gasteiger partial charge on any atom is 0.269 e. The monoisotopic (exact) mass is 334 g/mol. The predicted molar refractivity (Wildman–Crippen MR) is 94.7 cm³/mol. The van der Waals surface area contributed by atoms with Crippen LogP contribution in [0.25, 0.3) is 5.69 Å². The van der Waals surface area contributed by atoms with Gasteiger partial charge in [0.1, 0.15) is 5.69 Å². The van der Waals surface area contributed by atoms with Crippen molar-refractivity contribution in [3.05, 3.63) is 84.4 Å². The number of nitrogens with zero attached hydrogens (tertiary/aromatic N) is 2. The zero-order chi connectivity index (χ0) is 17.5. The van der Waals surface area contributed by atoms with Crippen LogP contribution in [0.1, 0.15) is 20.8 Å². The van der Waals surface area contributed by atoms with Crippen LogP contribution in [0.2, 0.25) is 0 Å². The highest BCUT2D eigenvalue weighted by Gasteiger charge is 2.12. The molecule has 0 aliphatic rings. The van der Waals surface area contributed by atoms with Crippen LogP contribution in [-0.2, 0) is 0 Å². The van der Waals surface area contributed by atoms with Crippen molar-refractivity contribution in [2.45, 2.75) is 0 Å². The number of carbonyl (C=O) groups is 2. The van der Waals surface area contributed by atoms with E-state index in [1.807, 2.05) is 36.4 Å². The number of hydrogen-bond acceptors (Lipinski definition) is 3. The fourth-order valence-corrected chi connectivity index (χ4v) is 2.39. The molecule has 0 atom stereocenters. The summed E-state index contributed by atoms with van der Waals surface area (Å²) in [6.07, 6.45) is 3.12. The summed E-state index contributed by atoms with van der Waals surface area (Å²) in [6, 6.07) is 18.5. The van der Waals surface area contributed by atoms with E-state index < -0.39 is 0 Å². The Balaban J connectivity index is 1.52. The van der Waals surface area contributed by atoms with Crippen molar-refractivity contribution < 1.29 is 9.59 Å². The number of imidazole rings is 1. The summed E-state index contributed by atoms with van der Waals surface area (Å²) in [5.74, 6) is -0.403. The Labute approximate surface area is 145 Å². The Kier molecular flexibility index (Phi) is 5.21. The standard InChI is InChI=1S/C19H18N4O2/c24-18(15-7-3-1-4-8-15)21-11-12-22-19(25)17-13-20-14-23(17)16-9-5-2-6-10-16/h1-10,13-14H,11-12H2,(H,21,24)(H,22,25). The van der Waals surface area contributed by atoms with Crippen molar-refractivity contribution in [1.82, 2.24) is 20.2 Å². The second-order valence-corrected chi connectivity index (χ2v) is 5.36. The lowest BCUT2D eigenvalue weighted by atomic mass is 10.2. The molecule has 0 radical (unpaired) electrons. The molecule has 2 amide bonds. The van der Waals surface area contributed by atoms with Crippen LogP contribution < -0.4 is 10.6 Å². The molecule has 3 rings (SSSR count). The lowest BCUT2D eigenvalue weighted by Crippen LogP contribution is -2.35. The van der Waals surface area contributed by atoms with Gasteiger partial charge >= 0.3 is 0 Å². The summed E-state index contributed by atoms with van der Waals surface area (Å²) in [7, 11) is 0. The lowest BCUT2D eigenvalue weighted by Gasteiger charge is -2.09. The van der Waals surface area contributed by atoms with Crippen molar-refractivity contribution in [1.29, 1.82) is 0 Å². The molecule has 25 heavy (non-hydrogen) atoms. The maximum atomic E-state index is 12.3. The minimum Gasteiger partial charge on any atom is -0.350 e. The molecule has 0 bridgehead atoms. The number of para-hydroxylation sites is 1. The number of nitrogens with one attached hydrogen (secondary N) is 2. The average molecular weight is 334 g/mol. The molecule has 0 saturated carbocycles. The second-order valence-electron chi connectivity index (χ2n) is 5.36. The summed E-state index contributed by atoms with van der Waals surface area (Å²) < 4.78 is 1.72. The van der Waals surface area contributed by atoms with Crippen LogP contribution in [0, 0.1) is 0 Å². The summed E-state index contributed by atoms with van der Waals surface area (Å²) in [4.78, 5) is 28.3. The fraction of sp³-hybridized carbons (Fsp3) is 0.105. The van der Waals surface area contributed by atoms with E-state index >= 15 is 0 Å². The van der Waals surface area contributed by atoms with E-state index in [4.69, 9.17) is 0 Å². The van der Waals surface area contributed by atoms with Gasteiger partial charge in [-0.3, -0.25) is 14.2 Å². The fourth-order valence-electron chi connectivity index (χ4n) is 2.39. The largest absolute Gasteiger partial charge is 0.350 e. The van der Waals surface area contributed by atoms with Gasteiger partial charge in [0.15, 0.2) is 0 Å². The molecule has 0 aliphatic heterocycles. The molecule has 1 aromatic heterocycles. The molecule has 1 heterocycles. The number of amides is 2. The Morgan fingerprint density at radius 3 is 2.12 bits per heavy atom. The lowest BCUT2D eigenvalue weighted by molar-refractivity contribution is 0.0924. The summed E-state index contributed by atoms with van der Waals surface area (Å²) in [5.41, 5.74) is 1.90. The van der Waals surface area contributed by atoms with Gasteiger partial charge in [0.25, 0.3) is 11.8 Å². The Morgan fingerprint density at radius 2 is 1.44 bits per heavy atom. The van der Waals surface area contributed by atoms with E-state index in [1.54, 1.807) is 35.2 Å². The number of aromatic nitrogens is 2. The minimum atomic E-state index is -0.240. The molecule has 3 aromatic rings. The van der Waals surface area contributed by atoms with Gasteiger partial charge in [0.05, 0.1) is 12.5 Å². The van der Waals surface area contributed by atoms with Gasteiger partial charge in [0, 0.05) is 24.3 Å². The normalized spacial score (nSPS) is 10.2. The van der Waals surface area contributed by atoms with E-state index in [0.29, 0.717) is 24.3 Å². The van der Waals surface area contributed by atoms with Gasteiger partial charge in [-0.1, -0.05) is 36.4 Å². The molecular weight excluding hydrogens is 316 g/mol. The van der Waals surface area contributed by atoms with Crippen molar-refractivity contribution in [2.75, 3.05) is 13.1 Å². The molecule has 2 aromatic carbocycles. The van der Waals surface area contributed by atoms with Crippen molar-refractivity contribution in [3.8, 4) is 5.69 Å². The Bertz CT molecular complexity index is 844. The summed E-state index contributed by atoms with van der Waals surface area (Å²) in [5, 5.41) is 5.56. The highest BCUT2D eigenvalue weighted by Crippen LogP contribution is 2.10. The average Bonchev–Trinajstić information content (AvgIpc) is 3.16. The van der Waals surface area contributed by atoms with E-state index in [2.05, 4.69) is 15.6 Å². The maximum absolute atomic E-state index is 12.3. The van der Waals surface area contributed by atoms with Gasteiger partial charge in [-0.25, -0.2) is 4.98 Å². The molecular formula is C19H18N4O2. The van der Waals surface area contributed by atoms with E-state index in [0.717, 1.165) is 5.69 Å². The first-order valence-electron chi connectivity index (χ1n) is 7.95. The first-order chi connectivity index (χ1) is 12.3. The summed E-state index contributed by atoms with van der Waals surface area (Å²) in [6.45, 7) is 0.677. The number of benzene rings is 2. The molecule has 0 unspecified atom stereocenters. The van der Waals surface area contributed by atoms with Crippen LogP contribution >= 0.6 is 0 Å². The quantitative estimate of drug-likeness (QED) is 0.677. The van der Waals surface area contributed by atoms with Crippen molar-refractivity contribution >= 4 is 11.8 Å². The van der Waals surface area contributed by atoms with Gasteiger partial charge in [-0.15, -0.1) is 0 Å². The highest BCUT2D eigenvalue weighted by molar-refractivity contribution is 5.94. The van der Waals surface area contributed by atoms with E-state index in [9.17, 15) is 9.59 Å². The van der Waals surface area contributed by atoms with Crippen molar-refractivity contribution in [3.63, 3.8) is 0 Å². The first kappa shape index (κ1) is 16.4. The third-order valence-electron chi connectivity index (χ3n) is 3.64. The third kappa shape index (κ3) is 4.11. The van der Waals surface area contributed by atoms with Crippen LogP contribution in [-0.4, -0.2) is 34.5 Å². The van der Waals surface area contributed by atoms with Gasteiger partial charge < -0.3 is 10.6 Å². The molecule has 6 nitrogen and oxygen atoms in total. The number of carbonyl (C=O) groups excluding carboxylic acids is 2. The topological polar surface area (TPSA) is 76.0 Å². The third-order valence-corrected chi connectivity index (χ3v) is 3.64. The predicted octanol–water partition coefficient (Wildman–Crippen LogP) is 2.03. The Hall–Kier alpha value is -3.41. The SMILES string of the molecule is O=C(NCCNC(=O)c1cncn1-c1ccccc1)c1ccccc1. The smallest absolute Gasteiger partial charge is 0.269 e. The van der Waals surface area contributed by atoms with Crippen LogP contribution in [0.4, 0.5) is 0 Å². The van der Waals surface area contributed by atoms with Crippen LogP contribution in [0.3, 0.4) is 0 Å². The second kappa shape index (κ2) is 7.92. The molecule has 2 N–H and O–H groups in total. The Morgan fingerprint density at radius 1 is 0.840 bits per heavy atom. The highest BCUT2D eigenvalue weighted by atomic mass is 16.2. The molecule has 6 heteroatoms. The number of hydrogen-bond donors (Lipinski definition) is 2. The molecule has 126 valence electrons. The summed E-state index contributed by atoms with van der Waals surface area (Å²) >= 11 is 0. The van der Waals surface area contributed by atoms with Gasteiger partial charge in [-0.05, 0) is 24.3 Å².